The molecule has 0 amide bonds. The van der Waals surface area contributed by atoms with Crippen LogP contribution in [-0.4, -0.2) is 17.6 Å². The minimum absolute atomic E-state index is 0. The number of ether oxygens (including phenoxy) is 1. The summed E-state index contributed by atoms with van der Waals surface area (Å²) in [6.07, 6.45) is 0. The number of carbonyl (C=O) groups is 1. The molecule has 8 heteroatoms. The van der Waals surface area contributed by atoms with Crippen LogP contribution < -0.4 is 39.4 Å². The molecule has 0 aliphatic heterocycles. The van der Waals surface area contributed by atoms with E-state index < -0.39 is 24.2 Å². The number of carbonyl (C=O) groups excluding carboxylic acids is 1. The molecule has 4 nitrogen and oxygen atoms in total. The minimum atomic E-state index is -1.40. The van der Waals surface area contributed by atoms with E-state index in [9.17, 15) is 18.7 Å². The largest absolute Gasteiger partial charge is 1.00 e. The predicted octanol–water partition coefficient (Wildman–Crippen LogP) is 0.480. The summed E-state index contributed by atoms with van der Waals surface area (Å²) < 4.78 is 32.0. The van der Waals surface area contributed by atoms with E-state index in [1.54, 1.807) is 12.1 Å². The smallest absolute Gasteiger partial charge is 0.546 e. The second-order valence-corrected chi connectivity index (χ2v) is 5.78. The van der Waals surface area contributed by atoms with Gasteiger partial charge in [0, 0.05) is 11.6 Å². The summed E-state index contributed by atoms with van der Waals surface area (Å²) in [5, 5.41) is 10.6. The molecule has 0 atom stereocenters. The normalized spacial score (nSPS) is 10.2. The van der Waals surface area contributed by atoms with Crippen molar-refractivity contribution in [2.45, 2.75) is 0 Å². The summed E-state index contributed by atoms with van der Waals surface area (Å²) in [6, 6.07) is 13.0. The zero-order valence-electron chi connectivity index (χ0n) is 14.2. The third-order valence-electron chi connectivity index (χ3n) is 3.53. The Morgan fingerprint density at radius 3 is 2.30 bits per heavy atom. The van der Waals surface area contributed by atoms with Crippen LogP contribution in [0.2, 0.25) is 5.02 Å². The number of halogens is 3. The number of benzene rings is 2. The van der Waals surface area contributed by atoms with E-state index in [0.29, 0.717) is 22.4 Å². The summed E-state index contributed by atoms with van der Waals surface area (Å²) in [7, 11) is 0. The van der Waals surface area contributed by atoms with Gasteiger partial charge in [0.2, 0.25) is 5.88 Å². The van der Waals surface area contributed by atoms with Gasteiger partial charge in [-0.3, -0.25) is 0 Å². The molecule has 0 fully saturated rings. The van der Waals surface area contributed by atoms with Gasteiger partial charge in [-0.05, 0) is 53.6 Å². The second-order valence-electron chi connectivity index (χ2n) is 5.38. The second kappa shape index (κ2) is 9.28. The topological polar surface area (TPSA) is 62.2 Å². The zero-order valence-corrected chi connectivity index (χ0v) is 17.0. The van der Waals surface area contributed by atoms with Gasteiger partial charge in [0.1, 0.15) is 18.2 Å². The minimum Gasteiger partial charge on any atom is -0.546 e. The number of hydrogen-bond donors (Lipinski definition) is 0. The van der Waals surface area contributed by atoms with Gasteiger partial charge in [-0.25, -0.2) is 13.8 Å². The number of rotatable bonds is 5. The maximum atomic E-state index is 13.8. The van der Waals surface area contributed by atoms with Gasteiger partial charge in [0.25, 0.3) is 0 Å². The van der Waals surface area contributed by atoms with Crippen LogP contribution in [-0.2, 0) is 4.79 Å². The van der Waals surface area contributed by atoms with Crippen LogP contribution in [0.5, 0.6) is 5.88 Å². The molecule has 0 saturated carbocycles. The monoisotopic (exact) mass is 397 g/mol. The van der Waals surface area contributed by atoms with E-state index in [1.165, 1.54) is 42.5 Å². The Labute approximate surface area is 181 Å². The molecular formula is C19H11ClF2NNaO3. The van der Waals surface area contributed by atoms with E-state index >= 15 is 0 Å². The zero-order chi connectivity index (χ0) is 18.7. The number of aromatic nitrogens is 1. The molecule has 132 valence electrons. The van der Waals surface area contributed by atoms with Gasteiger partial charge in [0.05, 0.1) is 16.7 Å². The fraction of sp³-hybridized carbons (Fsp3) is 0.0526. The molecule has 0 bridgehead atoms. The number of hydrogen-bond acceptors (Lipinski definition) is 4. The fourth-order valence-electron chi connectivity index (χ4n) is 2.32. The first-order chi connectivity index (χ1) is 12.4. The van der Waals surface area contributed by atoms with Gasteiger partial charge in [-0.1, -0.05) is 17.7 Å². The maximum absolute atomic E-state index is 13.8. The summed E-state index contributed by atoms with van der Waals surface area (Å²) >= 11 is 5.71. The Hall–Kier alpha value is -1.99. The van der Waals surface area contributed by atoms with E-state index in [0.717, 1.165) is 0 Å². The maximum Gasteiger partial charge on any atom is 1.00 e. The SMILES string of the molecule is O=C([O-])COc1cc(-c2ccc(Cl)c(F)c2)cc(-c2ccc(F)cc2)n1.[Na+]. The Morgan fingerprint density at radius 2 is 1.67 bits per heavy atom. The molecule has 3 rings (SSSR count). The van der Waals surface area contributed by atoms with Gasteiger partial charge in [-0.15, -0.1) is 0 Å². The molecule has 1 heterocycles. The first kappa shape index (κ1) is 21.3. The first-order valence-electron chi connectivity index (χ1n) is 7.48. The van der Waals surface area contributed by atoms with Crippen LogP contribution >= 0.6 is 11.6 Å². The van der Waals surface area contributed by atoms with Gasteiger partial charge in [0.15, 0.2) is 0 Å². The molecule has 0 aliphatic carbocycles. The van der Waals surface area contributed by atoms with Crippen LogP contribution in [0.1, 0.15) is 0 Å². The molecule has 0 aliphatic rings. The molecule has 0 radical (unpaired) electrons. The van der Waals surface area contributed by atoms with Crippen molar-refractivity contribution < 1.29 is 53.0 Å². The van der Waals surface area contributed by atoms with Crippen LogP contribution in [0.3, 0.4) is 0 Å². The molecule has 2 aromatic carbocycles. The average Bonchev–Trinajstić information content (AvgIpc) is 2.62. The van der Waals surface area contributed by atoms with Crippen LogP contribution in [0, 0.1) is 11.6 Å². The molecule has 0 unspecified atom stereocenters. The average molecular weight is 398 g/mol. The predicted molar refractivity (Wildman–Crippen MR) is 90.5 cm³/mol. The number of pyridine rings is 1. The van der Waals surface area contributed by atoms with Crippen molar-refractivity contribution in [2.24, 2.45) is 0 Å². The third-order valence-corrected chi connectivity index (χ3v) is 3.84. The summed E-state index contributed by atoms with van der Waals surface area (Å²) in [4.78, 5) is 14.8. The Bertz CT molecular complexity index is 968. The van der Waals surface area contributed by atoms with E-state index in [1.807, 2.05) is 0 Å². The molecule has 27 heavy (non-hydrogen) atoms. The number of aliphatic carboxylic acids is 1. The van der Waals surface area contributed by atoms with Gasteiger partial charge in [-0.2, -0.15) is 0 Å². The molecular weight excluding hydrogens is 387 g/mol. The quantitative estimate of drug-likeness (QED) is 0.588. The van der Waals surface area contributed by atoms with Crippen molar-refractivity contribution in [3.05, 3.63) is 71.3 Å². The molecule has 0 N–H and O–H groups in total. The Balaban J connectivity index is 0.00000261. The molecule has 0 saturated heterocycles. The number of carboxylic acid groups (broad SMARTS) is 1. The van der Waals surface area contributed by atoms with Gasteiger partial charge >= 0.3 is 29.6 Å². The number of carboxylic acids is 1. The van der Waals surface area contributed by atoms with E-state index in [2.05, 4.69) is 4.98 Å². The van der Waals surface area contributed by atoms with E-state index in [4.69, 9.17) is 16.3 Å². The van der Waals surface area contributed by atoms with E-state index in [-0.39, 0.29) is 40.5 Å². The summed E-state index contributed by atoms with van der Waals surface area (Å²) in [5.74, 6) is -2.39. The summed E-state index contributed by atoms with van der Waals surface area (Å²) in [6.45, 7) is -0.686. The van der Waals surface area contributed by atoms with Crippen LogP contribution in [0.4, 0.5) is 8.78 Å². The third kappa shape index (κ3) is 5.49. The van der Waals surface area contributed by atoms with Crippen LogP contribution in [0.25, 0.3) is 22.4 Å². The first-order valence-corrected chi connectivity index (χ1v) is 7.86. The number of nitrogens with zero attached hydrogens (tertiary/aromatic N) is 1. The van der Waals surface area contributed by atoms with Crippen molar-refractivity contribution in [1.82, 2.24) is 4.98 Å². The fourth-order valence-corrected chi connectivity index (χ4v) is 2.44. The van der Waals surface area contributed by atoms with Crippen molar-refractivity contribution in [3.8, 4) is 28.3 Å². The summed E-state index contributed by atoms with van der Waals surface area (Å²) in [5.41, 5.74) is 2.02. The van der Waals surface area contributed by atoms with Crippen LogP contribution in [0.15, 0.2) is 54.6 Å². The Kier molecular flexibility index (Phi) is 7.33. The van der Waals surface area contributed by atoms with Crippen molar-refractivity contribution in [3.63, 3.8) is 0 Å². The molecule has 3 aromatic rings. The Morgan fingerprint density at radius 1 is 1.00 bits per heavy atom. The molecule has 1 aromatic heterocycles. The van der Waals surface area contributed by atoms with Crippen molar-refractivity contribution in [2.75, 3.05) is 6.61 Å². The van der Waals surface area contributed by atoms with Crippen molar-refractivity contribution in [1.29, 1.82) is 0 Å². The molecule has 0 spiro atoms. The van der Waals surface area contributed by atoms with Gasteiger partial charge < -0.3 is 14.6 Å². The van der Waals surface area contributed by atoms with Crippen molar-refractivity contribution >= 4 is 17.6 Å². The standard InChI is InChI=1S/C19H12ClF2NO3.Na/c20-15-6-3-12(7-16(15)22)13-8-17(11-1-4-14(21)5-2-11)23-18(9-13)26-10-19(24)25;/h1-9H,10H2,(H,24,25);/q;+1/p-1.